The van der Waals surface area contributed by atoms with Gasteiger partial charge in [0, 0.05) is 57.2 Å². The highest BCUT2D eigenvalue weighted by atomic mass is 15.2. The maximum Gasteiger partial charge on any atom is 0.191 e. The molecule has 0 bridgehead atoms. The first-order valence-corrected chi connectivity index (χ1v) is 11.5. The van der Waals surface area contributed by atoms with Gasteiger partial charge in [-0.3, -0.25) is 9.88 Å². The minimum atomic E-state index is 0.458. The van der Waals surface area contributed by atoms with E-state index in [0.717, 1.165) is 63.8 Å². The number of likely N-dealkylation sites (tertiary alicyclic amines) is 1. The first-order valence-electron chi connectivity index (χ1n) is 11.5. The van der Waals surface area contributed by atoms with Crippen LogP contribution in [-0.2, 0) is 13.1 Å². The highest BCUT2D eigenvalue weighted by Crippen LogP contribution is 2.19. The van der Waals surface area contributed by atoms with Gasteiger partial charge in [0.1, 0.15) is 0 Å². The average molecular weight is 419 g/mol. The third kappa shape index (κ3) is 6.31. The lowest BCUT2D eigenvalue weighted by molar-refractivity contribution is 0.196. The quantitative estimate of drug-likeness (QED) is 0.411. The molecule has 4 rings (SSSR count). The van der Waals surface area contributed by atoms with E-state index in [9.17, 15) is 0 Å². The molecule has 6 nitrogen and oxygen atoms in total. The van der Waals surface area contributed by atoms with Crippen LogP contribution in [0.25, 0.3) is 0 Å². The second kappa shape index (κ2) is 11.0. The Kier molecular flexibility index (Phi) is 7.56. The van der Waals surface area contributed by atoms with Crippen molar-refractivity contribution in [2.45, 2.75) is 38.9 Å². The number of nitrogens with one attached hydrogen (secondary N) is 2. The number of hydrogen-bond acceptors (Lipinski definition) is 4. The van der Waals surface area contributed by atoms with Crippen LogP contribution in [0, 0.1) is 0 Å². The van der Waals surface area contributed by atoms with Crippen molar-refractivity contribution in [2.24, 2.45) is 4.99 Å². The molecule has 2 aliphatic rings. The van der Waals surface area contributed by atoms with Crippen LogP contribution in [0.5, 0.6) is 0 Å². The lowest BCUT2D eigenvalue weighted by Gasteiger charge is -2.32. The molecule has 6 heteroatoms. The number of guanidine groups is 1. The minimum Gasteiger partial charge on any atom is -0.364 e. The minimum absolute atomic E-state index is 0.458. The predicted octanol–water partition coefficient (Wildman–Crippen LogP) is 3.18. The summed E-state index contributed by atoms with van der Waals surface area (Å²) in [5.74, 6) is 0.916. The van der Waals surface area contributed by atoms with Crippen molar-refractivity contribution >= 4 is 11.6 Å². The summed E-state index contributed by atoms with van der Waals surface area (Å²) in [5.41, 5.74) is 3.67. The Bertz CT molecular complexity index is 863. The molecule has 2 aromatic rings. The lowest BCUT2D eigenvalue weighted by atomic mass is 10.0. The Morgan fingerprint density at radius 2 is 1.94 bits per heavy atom. The summed E-state index contributed by atoms with van der Waals surface area (Å²) < 4.78 is 0. The molecule has 1 aromatic heterocycles. The van der Waals surface area contributed by atoms with E-state index >= 15 is 0 Å². The molecule has 0 saturated carbocycles. The third-order valence-electron chi connectivity index (χ3n) is 5.90. The fourth-order valence-electron chi connectivity index (χ4n) is 4.18. The molecule has 0 amide bonds. The number of hydrogen-bond donors (Lipinski definition) is 2. The number of aliphatic imine (C=N–C) groups is 1. The molecular weight excluding hydrogens is 384 g/mol. The van der Waals surface area contributed by atoms with E-state index in [-0.39, 0.29) is 0 Å². The summed E-state index contributed by atoms with van der Waals surface area (Å²) in [6.07, 6.45) is 8.56. The highest BCUT2D eigenvalue weighted by molar-refractivity contribution is 5.80. The Balaban J connectivity index is 1.29. The Labute approximate surface area is 186 Å². The van der Waals surface area contributed by atoms with Crippen molar-refractivity contribution in [3.05, 3.63) is 72.1 Å². The second-order valence-corrected chi connectivity index (χ2v) is 8.26. The number of pyridine rings is 1. The topological polar surface area (TPSA) is 55.8 Å². The van der Waals surface area contributed by atoms with Crippen molar-refractivity contribution in [3.63, 3.8) is 0 Å². The van der Waals surface area contributed by atoms with E-state index in [4.69, 9.17) is 4.99 Å². The largest absolute Gasteiger partial charge is 0.364 e. The Morgan fingerprint density at radius 3 is 2.68 bits per heavy atom. The van der Waals surface area contributed by atoms with Crippen LogP contribution >= 0.6 is 0 Å². The van der Waals surface area contributed by atoms with Gasteiger partial charge >= 0.3 is 0 Å². The molecule has 1 saturated heterocycles. The molecular formula is C25H34N6. The smallest absolute Gasteiger partial charge is 0.191 e. The number of rotatable bonds is 7. The van der Waals surface area contributed by atoms with Gasteiger partial charge in [0.15, 0.2) is 5.96 Å². The molecule has 164 valence electrons. The maximum atomic E-state index is 4.87. The third-order valence-corrected chi connectivity index (χ3v) is 5.90. The van der Waals surface area contributed by atoms with Gasteiger partial charge in [-0.15, -0.1) is 0 Å². The normalized spacial score (nSPS) is 17.8. The van der Waals surface area contributed by atoms with Crippen LogP contribution in [0.2, 0.25) is 0 Å². The van der Waals surface area contributed by atoms with Crippen molar-refractivity contribution in [1.29, 1.82) is 0 Å². The van der Waals surface area contributed by atoms with Crippen molar-refractivity contribution in [1.82, 2.24) is 20.5 Å². The highest BCUT2D eigenvalue weighted by Gasteiger charge is 2.20. The van der Waals surface area contributed by atoms with Crippen molar-refractivity contribution in [2.75, 3.05) is 37.6 Å². The van der Waals surface area contributed by atoms with Crippen molar-refractivity contribution in [3.8, 4) is 0 Å². The molecule has 2 N–H and O–H groups in total. The average Bonchev–Trinajstić information content (AvgIpc) is 3.35. The zero-order chi connectivity index (χ0) is 21.3. The molecule has 0 unspecified atom stereocenters. The molecule has 1 fully saturated rings. The number of nitrogens with zero attached hydrogens (tertiary/aromatic N) is 4. The Morgan fingerprint density at radius 1 is 1.10 bits per heavy atom. The van der Waals surface area contributed by atoms with Crippen LogP contribution in [0.1, 0.15) is 31.0 Å². The summed E-state index contributed by atoms with van der Waals surface area (Å²) in [4.78, 5) is 14.2. The van der Waals surface area contributed by atoms with Crippen LogP contribution in [0.4, 0.5) is 5.69 Å². The monoisotopic (exact) mass is 418 g/mol. The Hall–Kier alpha value is -2.86. The summed E-state index contributed by atoms with van der Waals surface area (Å²) in [6, 6.07) is 15.3. The fourth-order valence-corrected chi connectivity index (χ4v) is 4.18. The zero-order valence-corrected chi connectivity index (χ0v) is 18.5. The SMILES string of the molecule is CCNC(=NCc1cccc(N2CC=CC2)c1)NC1CCN(Cc2ccccn2)CC1. The van der Waals surface area contributed by atoms with Crippen LogP contribution < -0.4 is 15.5 Å². The van der Waals surface area contributed by atoms with Crippen LogP contribution in [-0.4, -0.2) is 54.6 Å². The van der Waals surface area contributed by atoms with Crippen molar-refractivity contribution < 1.29 is 0 Å². The molecule has 0 spiro atoms. The predicted molar refractivity (Wildman–Crippen MR) is 128 cm³/mol. The first-order chi connectivity index (χ1) is 15.3. The van der Waals surface area contributed by atoms with Gasteiger partial charge in [-0.05, 0) is 49.6 Å². The van der Waals surface area contributed by atoms with E-state index in [0.29, 0.717) is 12.6 Å². The van der Waals surface area contributed by atoms with E-state index in [2.05, 4.69) is 80.9 Å². The molecule has 0 radical (unpaired) electrons. The number of benzene rings is 1. The van der Waals surface area contributed by atoms with Gasteiger partial charge in [-0.1, -0.05) is 30.4 Å². The second-order valence-electron chi connectivity index (χ2n) is 8.26. The molecule has 1 aromatic carbocycles. The number of anilines is 1. The first kappa shape index (κ1) is 21.4. The number of piperidine rings is 1. The van der Waals surface area contributed by atoms with Gasteiger partial charge in [-0.25, -0.2) is 4.99 Å². The van der Waals surface area contributed by atoms with Gasteiger partial charge in [0.25, 0.3) is 0 Å². The van der Waals surface area contributed by atoms with Crippen LogP contribution in [0.15, 0.2) is 65.8 Å². The summed E-state index contributed by atoms with van der Waals surface area (Å²) in [6.45, 7) is 8.76. The molecule has 2 aliphatic heterocycles. The number of aromatic nitrogens is 1. The molecule has 3 heterocycles. The summed E-state index contributed by atoms with van der Waals surface area (Å²) in [7, 11) is 0. The van der Waals surface area contributed by atoms with Crippen LogP contribution in [0.3, 0.4) is 0 Å². The van der Waals surface area contributed by atoms with Gasteiger partial charge < -0.3 is 15.5 Å². The maximum absolute atomic E-state index is 4.87. The summed E-state index contributed by atoms with van der Waals surface area (Å²) in [5, 5.41) is 7.07. The molecule has 0 atom stereocenters. The van der Waals surface area contributed by atoms with Gasteiger partial charge in [-0.2, -0.15) is 0 Å². The van der Waals surface area contributed by atoms with Gasteiger partial charge in [0.2, 0.25) is 0 Å². The fraction of sp³-hybridized carbons (Fsp3) is 0.440. The van der Waals surface area contributed by atoms with Gasteiger partial charge in [0.05, 0.1) is 12.2 Å². The van der Waals surface area contributed by atoms with E-state index in [1.807, 2.05) is 12.3 Å². The lowest BCUT2D eigenvalue weighted by Crippen LogP contribution is -2.48. The standard InChI is InChI=1S/C25H34N6/c1-2-26-25(28-19-21-8-7-10-24(18-21)31-14-5-6-15-31)29-22-11-16-30(17-12-22)20-23-9-3-4-13-27-23/h3-10,13,18,22H,2,11-12,14-17,19-20H2,1H3,(H2,26,28,29). The summed E-state index contributed by atoms with van der Waals surface area (Å²) >= 11 is 0. The van der Waals surface area contributed by atoms with E-state index in [1.54, 1.807) is 0 Å². The van der Waals surface area contributed by atoms with E-state index < -0.39 is 0 Å². The molecule has 31 heavy (non-hydrogen) atoms. The molecule has 0 aliphatic carbocycles. The van der Waals surface area contributed by atoms with E-state index in [1.165, 1.54) is 11.3 Å². The zero-order valence-electron chi connectivity index (χ0n) is 18.5.